The van der Waals surface area contributed by atoms with Crippen LogP contribution in [0, 0.1) is 6.92 Å². The molecule has 1 amide bonds. The van der Waals surface area contributed by atoms with E-state index in [9.17, 15) is 18.0 Å². The van der Waals surface area contributed by atoms with E-state index in [0.717, 1.165) is 11.8 Å². The first-order valence-electron chi connectivity index (χ1n) is 8.08. The highest BCUT2D eigenvalue weighted by Gasteiger charge is 2.40. The summed E-state index contributed by atoms with van der Waals surface area (Å²) in [6.45, 7) is 1.81. The van der Waals surface area contributed by atoms with Crippen molar-refractivity contribution in [2.75, 3.05) is 12.4 Å². The van der Waals surface area contributed by atoms with Crippen LogP contribution in [0.15, 0.2) is 48.7 Å². The number of alkyl halides is 3. The predicted octanol–water partition coefficient (Wildman–Crippen LogP) is 5.11. The average Bonchev–Trinajstić information content (AvgIpc) is 3.08. The smallest absolute Gasteiger partial charge is 0.434 e. The van der Waals surface area contributed by atoms with Crippen LogP contribution in [-0.4, -0.2) is 22.8 Å². The molecule has 0 radical (unpaired) electrons. The molecule has 28 heavy (non-hydrogen) atoms. The summed E-state index contributed by atoms with van der Waals surface area (Å²) in [5.41, 5.74) is -0.561. The number of ether oxygens (including phenoxy) is 1. The quantitative estimate of drug-likeness (QED) is 0.651. The number of nitrogens with one attached hydrogen (secondary N) is 1. The van der Waals surface area contributed by atoms with Crippen LogP contribution in [0.25, 0.3) is 5.69 Å². The Kier molecular flexibility index (Phi) is 5.33. The van der Waals surface area contributed by atoms with Gasteiger partial charge in [-0.25, -0.2) is 4.68 Å². The number of methoxy groups -OCH3 is 1. The Bertz CT molecular complexity index is 1010. The number of halogens is 4. The van der Waals surface area contributed by atoms with Gasteiger partial charge in [0, 0.05) is 5.02 Å². The zero-order valence-corrected chi connectivity index (χ0v) is 15.6. The average molecular weight is 410 g/mol. The van der Waals surface area contributed by atoms with Gasteiger partial charge in [0.2, 0.25) is 0 Å². The molecule has 0 aliphatic heterocycles. The molecule has 0 bridgehead atoms. The summed E-state index contributed by atoms with van der Waals surface area (Å²) in [5.74, 6) is -0.719. The first kappa shape index (κ1) is 19.8. The van der Waals surface area contributed by atoms with E-state index >= 15 is 0 Å². The second-order valence-electron chi connectivity index (χ2n) is 5.95. The van der Waals surface area contributed by atoms with Gasteiger partial charge in [0.05, 0.1) is 30.2 Å². The van der Waals surface area contributed by atoms with E-state index in [1.54, 1.807) is 12.1 Å². The van der Waals surface area contributed by atoms with Crippen molar-refractivity contribution in [2.24, 2.45) is 0 Å². The van der Waals surface area contributed by atoms with Gasteiger partial charge < -0.3 is 10.1 Å². The lowest BCUT2D eigenvalue weighted by molar-refractivity contribution is -0.143. The number of anilines is 1. The topological polar surface area (TPSA) is 56.1 Å². The summed E-state index contributed by atoms with van der Waals surface area (Å²) in [4.78, 5) is 12.6. The summed E-state index contributed by atoms with van der Waals surface area (Å²) in [5, 5.41) is 6.48. The second-order valence-corrected chi connectivity index (χ2v) is 6.39. The number of carbonyl (C=O) groups excluding carboxylic acids is 1. The largest absolute Gasteiger partial charge is 0.495 e. The van der Waals surface area contributed by atoms with Crippen LogP contribution in [0.5, 0.6) is 5.75 Å². The summed E-state index contributed by atoms with van der Waals surface area (Å²) in [6, 6.07) is 10.7. The molecule has 2 aromatic carbocycles. The predicted molar refractivity (Wildman–Crippen MR) is 99.3 cm³/mol. The van der Waals surface area contributed by atoms with Gasteiger partial charge in [0.15, 0.2) is 5.69 Å². The molecule has 3 rings (SSSR count). The van der Waals surface area contributed by atoms with Gasteiger partial charge in [-0.05, 0) is 37.3 Å². The number of aromatic nitrogens is 2. The van der Waals surface area contributed by atoms with E-state index in [1.165, 1.54) is 37.4 Å². The van der Waals surface area contributed by atoms with Gasteiger partial charge in [0.25, 0.3) is 5.91 Å². The van der Waals surface area contributed by atoms with Crippen molar-refractivity contribution >= 4 is 23.2 Å². The number of benzene rings is 2. The molecule has 1 heterocycles. The first-order valence-corrected chi connectivity index (χ1v) is 8.45. The lowest BCUT2D eigenvalue weighted by Gasteiger charge is -2.14. The maximum atomic E-state index is 13.7. The van der Waals surface area contributed by atoms with Gasteiger partial charge in [-0.2, -0.15) is 18.3 Å². The van der Waals surface area contributed by atoms with E-state index in [0.29, 0.717) is 9.70 Å². The number of nitrogens with zero attached hydrogens (tertiary/aromatic N) is 2. The minimum absolute atomic E-state index is 0.149. The van der Waals surface area contributed by atoms with Gasteiger partial charge in [-0.3, -0.25) is 4.79 Å². The maximum Gasteiger partial charge on any atom is 0.434 e. The van der Waals surface area contributed by atoms with E-state index in [-0.39, 0.29) is 17.1 Å². The van der Waals surface area contributed by atoms with Crippen molar-refractivity contribution in [3.8, 4) is 11.4 Å². The van der Waals surface area contributed by atoms with Crippen molar-refractivity contribution in [1.29, 1.82) is 0 Å². The molecule has 1 aromatic heterocycles. The van der Waals surface area contributed by atoms with E-state index < -0.39 is 23.3 Å². The van der Waals surface area contributed by atoms with Crippen molar-refractivity contribution in [3.63, 3.8) is 0 Å². The van der Waals surface area contributed by atoms with Crippen LogP contribution >= 0.6 is 11.6 Å². The van der Waals surface area contributed by atoms with Gasteiger partial charge in [-0.15, -0.1) is 0 Å². The summed E-state index contributed by atoms with van der Waals surface area (Å²) < 4.78 is 47.0. The molecule has 0 spiro atoms. The highest BCUT2D eigenvalue weighted by atomic mass is 35.5. The van der Waals surface area contributed by atoms with Crippen LogP contribution < -0.4 is 10.1 Å². The van der Waals surface area contributed by atoms with Crippen molar-refractivity contribution in [3.05, 3.63) is 70.5 Å². The molecule has 9 heteroatoms. The standard InChI is InChI=1S/C19H15ClF3N3O2/c1-11-3-6-13(7-4-11)26-17(19(21,22)23)14(10-24-26)18(27)25-15-9-12(20)5-8-16(15)28-2/h3-10H,1-2H3,(H,25,27). The van der Waals surface area contributed by atoms with Crippen LogP contribution in [0.3, 0.4) is 0 Å². The molecule has 0 saturated heterocycles. The van der Waals surface area contributed by atoms with E-state index in [2.05, 4.69) is 10.4 Å². The Morgan fingerprint density at radius 3 is 2.46 bits per heavy atom. The number of amides is 1. The fourth-order valence-electron chi connectivity index (χ4n) is 2.64. The zero-order chi connectivity index (χ0) is 20.5. The molecule has 0 saturated carbocycles. The second kappa shape index (κ2) is 7.55. The summed E-state index contributed by atoms with van der Waals surface area (Å²) in [6.07, 6.45) is -3.92. The number of aryl methyl sites for hydroxylation is 1. The molecule has 0 unspecified atom stereocenters. The van der Waals surface area contributed by atoms with Gasteiger partial charge in [-0.1, -0.05) is 29.3 Å². The first-order chi connectivity index (χ1) is 13.2. The third-order valence-electron chi connectivity index (χ3n) is 3.97. The zero-order valence-electron chi connectivity index (χ0n) is 14.8. The summed E-state index contributed by atoms with van der Waals surface area (Å²) in [7, 11) is 1.37. The summed E-state index contributed by atoms with van der Waals surface area (Å²) >= 11 is 5.90. The third-order valence-corrected chi connectivity index (χ3v) is 4.21. The molecule has 0 aliphatic rings. The fraction of sp³-hybridized carbons (Fsp3) is 0.158. The van der Waals surface area contributed by atoms with Gasteiger partial charge >= 0.3 is 6.18 Å². The molecular formula is C19H15ClF3N3O2. The van der Waals surface area contributed by atoms with Crippen LogP contribution in [-0.2, 0) is 6.18 Å². The SMILES string of the molecule is COc1ccc(Cl)cc1NC(=O)c1cnn(-c2ccc(C)cc2)c1C(F)(F)F. The minimum Gasteiger partial charge on any atom is -0.495 e. The Morgan fingerprint density at radius 1 is 1.18 bits per heavy atom. The molecule has 0 aliphatic carbocycles. The molecule has 0 fully saturated rings. The normalized spacial score (nSPS) is 11.4. The maximum absolute atomic E-state index is 13.7. The third kappa shape index (κ3) is 3.96. The van der Waals surface area contributed by atoms with Crippen LogP contribution in [0.2, 0.25) is 5.02 Å². The van der Waals surface area contributed by atoms with E-state index in [1.807, 2.05) is 6.92 Å². The van der Waals surface area contributed by atoms with Crippen molar-refractivity contribution < 1.29 is 22.7 Å². The van der Waals surface area contributed by atoms with E-state index in [4.69, 9.17) is 16.3 Å². The number of rotatable bonds is 4. The molecule has 1 N–H and O–H groups in total. The Morgan fingerprint density at radius 2 is 1.86 bits per heavy atom. The monoisotopic (exact) mass is 409 g/mol. The van der Waals surface area contributed by atoms with Crippen LogP contribution in [0.1, 0.15) is 21.6 Å². The van der Waals surface area contributed by atoms with Gasteiger partial charge in [0.1, 0.15) is 5.75 Å². The fourth-order valence-corrected chi connectivity index (χ4v) is 2.81. The molecule has 0 atom stereocenters. The van der Waals surface area contributed by atoms with Crippen LogP contribution in [0.4, 0.5) is 18.9 Å². The lowest BCUT2D eigenvalue weighted by Crippen LogP contribution is -2.21. The highest BCUT2D eigenvalue weighted by Crippen LogP contribution is 2.35. The lowest BCUT2D eigenvalue weighted by atomic mass is 10.2. The molecule has 5 nitrogen and oxygen atoms in total. The number of hydrogen-bond donors (Lipinski definition) is 1. The molecule has 3 aromatic rings. The Hall–Kier alpha value is -3.00. The highest BCUT2D eigenvalue weighted by molar-refractivity contribution is 6.31. The van der Waals surface area contributed by atoms with Crippen molar-refractivity contribution in [1.82, 2.24) is 9.78 Å². The van der Waals surface area contributed by atoms with Crippen molar-refractivity contribution in [2.45, 2.75) is 13.1 Å². The minimum atomic E-state index is -4.80. The number of hydrogen-bond acceptors (Lipinski definition) is 3. The Labute approximate surface area is 163 Å². The molecule has 146 valence electrons. The number of carbonyl (C=O) groups is 1. The molecular weight excluding hydrogens is 395 g/mol. The Balaban J connectivity index is 2.04.